The number of rotatable bonds is 3. The van der Waals surface area contributed by atoms with Crippen molar-refractivity contribution < 1.29 is 0 Å². The third-order valence-corrected chi connectivity index (χ3v) is 4.69. The third-order valence-electron chi connectivity index (χ3n) is 3.83. The van der Waals surface area contributed by atoms with Gasteiger partial charge in [0.05, 0.1) is 0 Å². The fourth-order valence-electron chi connectivity index (χ4n) is 2.63. The Morgan fingerprint density at radius 1 is 1.47 bits per heavy atom. The van der Waals surface area contributed by atoms with Crippen LogP contribution in [0.25, 0.3) is 0 Å². The molecule has 0 spiro atoms. The van der Waals surface area contributed by atoms with E-state index in [4.69, 9.17) is 18.0 Å². The summed E-state index contributed by atoms with van der Waals surface area (Å²) < 4.78 is 0.976. The maximum atomic E-state index is 5.88. The summed E-state index contributed by atoms with van der Waals surface area (Å²) in [6.45, 7) is 5.35. The van der Waals surface area contributed by atoms with E-state index in [9.17, 15) is 0 Å². The highest BCUT2D eigenvalue weighted by Gasteiger charge is 2.25. The molecular formula is C14H20BrN3S. The van der Waals surface area contributed by atoms with Gasteiger partial charge in [0.15, 0.2) is 0 Å². The molecule has 1 atom stereocenters. The highest BCUT2D eigenvalue weighted by molar-refractivity contribution is 9.10. The van der Waals surface area contributed by atoms with Crippen LogP contribution >= 0.6 is 28.1 Å². The molecule has 1 heterocycles. The topological polar surface area (TPSA) is 32.5 Å². The average Bonchev–Trinajstić information content (AvgIpc) is 2.38. The molecule has 19 heavy (non-hydrogen) atoms. The predicted molar refractivity (Wildman–Crippen MR) is 89.0 cm³/mol. The monoisotopic (exact) mass is 341 g/mol. The maximum absolute atomic E-state index is 5.88. The number of hydrogen-bond donors (Lipinski definition) is 1. The Balaban J connectivity index is 2.32. The van der Waals surface area contributed by atoms with Gasteiger partial charge in [0.25, 0.3) is 0 Å². The summed E-state index contributed by atoms with van der Waals surface area (Å²) in [7, 11) is 2.20. The molecule has 0 aromatic heterocycles. The lowest BCUT2D eigenvalue weighted by atomic mass is 10.1. The van der Waals surface area contributed by atoms with Crippen LogP contribution in [0.5, 0.6) is 0 Å². The predicted octanol–water partition coefficient (Wildman–Crippen LogP) is 2.61. The third kappa shape index (κ3) is 3.09. The normalized spacial score (nSPS) is 20.6. The highest BCUT2D eigenvalue weighted by atomic mass is 79.9. The van der Waals surface area contributed by atoms with Crippen LogP contribution < -0.4 is 10.6 Å². The van der Waals surface area contributed by atoms with Crippen LogP contribution in [0.4, 0.5) is 5.69 Å². The first kappa shape index (κ1) is 14.8. The van der Waals surface area contributed by atoms with Gasteiger partial charge < -0.3 is 10.6 Å². The van der Waals surface area contributed by atoms with E-state index in [1.165, 1.54) is 0 Å². The number of hydrogen-bond acceptors (Lipinski definition) is 3. The Morgan fingerprint density at radius 3 is 2.84 bits per heavy atom. The van der Waals surface area contributed by atoms with Crippen LogP contribution in [0.15, 0.2) is 22.7 Å². The number of nitrogens with zero attached hydrogens (tertiary/aromatic N) is 2. The molecule has 0 saturated carbocycles. The zero-order valence-corrected chi connectivity index (χ0v) is 13.8. The summed E-state index contributed by atoms with van der Waals surface area (Å²) >= 11 is 8.75. The van der Waals surface area contributed by atoms with Gasteiger partial charge in [-0.15, -0.1) is 0 Å². The van der Waals surface area contributed by atoms with E-state index in [0.717, 1.165) is 41.8 Å². The van der Waals surface area contributed by atoms with Gasteiger partial charge in [0.1, 0.15) is 4.99 Å². The van der Waals surface area contributed by atoms with Gasteiger partial charge in [-0.2, -0.15) is 0 Å². The second kappa shape index (κ2) is 6.20. The van der Waals surface area contributed by atoms with Crippen molar-refractivity contribution in [3.8, 4) is 0 Å². The van der Waals surface area contributed by atoms with E-state index < -0.39 is 0 Å². The lowest BCUT2D eigenvalue weighted by Crippen LogP contribution is -2.51. The number of nitrogens with two attached hydrogens (primary N) is 1. The number of piperazine rings is 1. The molecule has 1 aromatic carbocycles. The number of anilines is 1. The summed E-state index contributed by atoms with van der Waals surface area (Å²) in [5, 5.41) is 0. The molecule has 5 heteroatoms. The summed E-state index contributed by atoms with van der Waals surface area (Å²) in [6.07, 6.45) is 1.16. The molecule has 1 aliphatic rings. The molecule has 1 aromatic rings. The fourth-order valence-corrected chi connectivity index (χ4v) is 3.54. The number of benzene rings is 1. The molecule has 1 unspecified atom stereocenters. The van der Waals surface area contributed by atoms with Crippen LogP contribution in [0.2, 0.25) is 0 Å². The number of halogens is 1. The van der Waals surface area contributed by atoms with E-state index in [1.807, 2.05) is 12.1 Å². The van der Waals surface area contributed by atoms with Crippen molar-refractivity contribution in [2.75, 3.05) is 31.6 Å². The summed E-state index contributed by atoms with van der Waals surface area (Å²) in [4.78, 5) is 5.27. The fraction of sp³-hybridized carbons (Fsp3) is 0.500. The van der Waals surface area contributed by atoms with E-state index in [2.05, 4.69) is 45.8 Å². The Bertz CT molecular complexity index is 478. The molecule has 2 rings (SSSR count). The van der Waals surface area contributed by atoms with E-state index >= 15 is 0 Å². The second-order valence-electron chi connectivity index (χ2n) is 4.99. The zero-order chi connectivity index (χ0) is 14.0. The average molecular weight is 342 g/mol. The number of thiocarbonyl (C=S) groups is 1. The van der Waals surface area contributed by atoms with Crippen LogP contribution in [-0.2, 0) is 0 Å². The Hall–Kier alpha value is -0.650. The quantitative estimate of drug-likeness (QED) is 0.856. The zero-order valence-electron chi connectivity index (χ0n) is 11.4. The highest BCUT2D eigenvalue weighted by Crippen LogP contribution is 2.29. The molecular weight excluding hydrogens is 322 g/mol. The van der Waals surface area contributed by atoms with Gasteiger partial charge in [0.2, 0.25) is 0 Å². The molecule has 1 saturated heterocycles. The smallest absolute Gasteiger partial charge is 0.107 e. The van der Waals surface area contributed by atoms with Crippen molar-refractivity contribution >= 4 is 38.8 Å². The first-order chi connectivity index (χ1) is 9.04. The lowest BCUT2D eigenvalue weighted by molar-refractivity contribution is 0.213. The molecule has 0 aliphatic carbocycles. The van der Waals surface area contributed by atoms with E-state index in [1.54, 1.807) is 0 Å². The minimum absolute atomic E-state index is 0.453. The molecule has 2 N–H and O–H groups in total. The summed E-state index contributed by atoms with van der Waals surface area (Å²) in [6, 6.07) is 6.73. The summed E-state index contributed by atoms with van der Waals surface area (Å²) in [5.41, 5.74) is 7.98. The van der Waals surface area contributed by atoms with Gasteiger partial charge in [-0.3, -0.25) is 4.90 Å². The molecule has 104 valence electrons. The van der Waals surface area contributed by atoms with Crippen molar-refractivity contribution in [3.05, 3.63) is 28.2 Å². The lowest BCUT2D eigenvalue weighted by Gasteiger charge is -2.41. The van der Waals surface area contributed by atoms with Crippen LogP contribution in [-0.4, -0.2) is 42.6 Å². The standard InChI is InChI=1S/C14H20BrN3S/c1-3-10-9-18(8-7-17(10)2)12-6-4-5-11(15)13(12)14(16)19/h4-6,10H,3,7-9H2,1-2H3,(H2,16,19). The largest absolute Gasteiger partial charge is 0.389 e. The minimum Gasteiger partial charge on any atom is -0.389 e. The molecule has 0 radical (unpaired) electrons. The summed E-state index contributed by atoms with van der Waals surface area (Å²) in [5.74, 6) is 0. The van der Waals surface area contributed by atoms with Gasteiger partial charge >= 0.3 is 0 Å². The minimum atomic E-state index is 0.453. The SMILES string of the molecule is CCC1CN(c2cccc(Br)c2C(N)=S)CCN1C. The molecule has 3 nitrogen and oxygen atoms in total. The van der Waals surface area contributed by atoms with Crippen molar-refractivity contribution in [3.63, 3.8) is 0 Å². The van der Waals surface area contributed by atoms with Gasteiger partial charge in [-0.25, -0.2) is 0 Å². The van der Waals surface area contributed by atoms with Crippen LogP contribution in [0.3, 0.4) is 0 Å². The number of likely N-dealkylation sites (N-methyl/N-ethyl adjacent to an activating group) is 1. The van der Waals surface area contributed by atoms with Gasteiger partial charge in [-0.05, 0) is 41.5 Å². The van der Waals surface area contributed by atoms with Crippen molar-refractivity contribution in [1.82, 2.24) is 4.90 Å². The first-order valence-corrected chi connectivity index (χ1v) is 7.78. The van der Waals surface area contributed by atoms with E-state index in [0.29, 0.717) is 11.0 Å². The molecule has 0 bridgehead atoms. The van der Waals surface area contributed by atoms with Gasteiger partial charge in [-0.1, -0.05) is 25.2 Å². The molecule has 1 fully saturated rings. The van der Waals surface area contributed by atoms with Crippen LogP contribution in [0.1, 0.15) is 18.9 Å². The van der Waals surface area contributed by atoms with Gasteiger partial charge in [0, 0.05) is 41.4 Å². The Labute approximate surface area is 128 Å². The molecule has 1 aliphatic heterocycles. The first-order valence-electron chi connectivity index (χ1n) is 6.58. The van der Waals surface area contributed by atoms with Crippen molar-refractivity contribution in [2.45, 2.75) is 19.4 Å². The van der Waals surface area contributed by atoms with Crippen molar-refractivity contribution in [2.24, 2.45) is 5.73 Å². The van der Waals surface area contributed by atoms with Crippen LogP contribution in [0, 0.1) is 0 Å². The maximum Gasteiger partial charge on any atom is 0.107 e. The Morgan fingerprint density at radius 2 is 2.21 bits per heavy atom. The van der Waals surface area contributed by atoms with Crippen molar-refractivity contribution in [1.29, 1.82) is 0 Å². The molecule has 0 amide bonds. The second-order valence-corrected chi connectivity index (χ2v) is 6.28. The van der Waals surface area contributed by atoms with E-state index in [-0.39, 0.29) is 0 Å². The Kier molecular flexibility index (Phi) is 4.81.